The number of aliphatic hydroxyl groups is 2. The van der Waals surface area contributed by atoms with Gasteiger partial charge in [0.25, 0.3) is 0 Å². The topological polar surface area (TPSA) is 98.7 Å². The highest BCUT2D eigenvalue weighted by molar-refractivity contribution is 6.31. The molecule has 2 atom stereocenters. The van der Waals surface area contributed by atoms with Crippen molar-refractivity contribution in [3.8, 4) is 0 Å². The van der Waals surface area contributed by atoms with E-state index < -0.39 is 12.5 Å². The van der Waals surface area contributed by atoms with Gasteiger partial charge in [0.05, 0.1) is 11.1 Å². The Kier molecular flexibility index (Phi) is 5.06. The number of nitrogens with one attached hydrogen (secondary N) is 2. The molecule has 0 aliphatic heterocycles. The quantitative estimate of drug-likeness (QED) is 0.508. The van der Waals surface area contributed by atoms with Gasteiger partial charge >= 0.3 is 0 Å². The molecule has 3 rings (SSSR count). The van der Waals surface area contributed by atoms with Crippen molar-refractivity contribution in [2.45, 2.75) is 39.1 Å². The third-order valence-electron chi connectivity index (χ3n) is 4.49. The number of benzene rings is 2. The Morgan fingerprint density at radius 3 is 1.50 bits per heavy atom. The second kappa shape index (κ2) is 7.27. The maximum atomic E-state index is 13.1. The fourth-order valence-corrected chi connectivity index (χ4v) is 3.05. The number of carbonyl (C=O) groups excluding carboxylic acids is 2. The van der Waals surface area contributed by atoms with Crippen molar-refractivity contribution >= 4 is 22.9 Å². The highest BCUT2D eigenvalue weighted by Crippen LogP contribution is 2.35. The monoisotopic (exact) mass is 354 g/mol. The average Bonchev–Trinajstić information content (AvgIpc) is 2.65. The molecule has 0 saturated carbocycles. The summed E-state index contributed by atoms with van der Waals surface area (Å²) >= 11 is 0. The molecule has 136 valence electrons. The number of hydrogen-bond donors (Lipinski definition) is 4. The first kappa shape index (κ1) is 18.1. The smallest absolute Gasteiger partial charge is 0.196 e. The van der Waals surface area contributed by atoms with Crippen molar-refractivity contribution in [2.75, 3.05) is 10.6 Å². The van der Waals surface area contributed by atoms with Gasteiger partial charge in [-0.3, -0.25) is 9.59 Å². The first-order chi connectivity index (χ1) is 12.5. The summed E-state index contributed by atoms with van der Waals surface area (Å²) < 4.78 is 0. The number of aliphatic hydroxyl groups excluding tert-OH is 2. The Bertz CT molecular complexity index is 791. The van der Waals surface area contributed by atoms with Crippen LogP contribution in [0, 0.1) is 0 Å². The Hall–Kier alpha value is -2.70. The number of fused-ring (bicyclic) bond motifs is 2. The molecular weight excluding hydrogens is 332 g/mol. The molecule has 2 aromatic rings. The van der Waals surface area contributed by atoms with E-state index in [4.69, 9.17) is 0 Å². The third kappa shape index (κ3) is 3.09. The Balaban J connectivity index is 2.11. The first-order valence-corrected chi connectivity index (χ1v) is 8.72. The van der Waals surface area contributed by atoms with Crippen LogP contribution in [0.15, 0.2) is 36.4 Å². The minimum atomic E-state index is -0.807. The lowest BCUT2D eigenvalue weighted by molar-refractivity contribution is 0.0979. The summed E-state index contributed by atoms with van der Waals surface area (Å²) in [7, 11) is 0. The van der Waals surface area contributed by atoms with Crippen LogP contribution in [0.3, 0.4) is 0 Å². The predicted molar refractivity (Wildman–Crippen MR) is 99.6 cm³/mol. The van der Waals surface area contributed by atoms with Gasteiger partial charge in [-0.1, -0.05) is 38.1 Å². The highest BCUT2D eigenvalue weighted by atomic mass is 16.3. The Labute approximate surface area is 151 Å². The van der Waals surface area contributed by atoms with E-state index in [1.165, 1.54) is 0 Å². The van der Waals surface area contributed by atoms with E-state index in [0.29, 0.717) is 24.2 Å². The second-order valence-corrected chi connectivity index (χ2v) is 6.25. The number of hydrogen-bond acceptors (Lipinski definition) is 6. The Morgan fingerprint density at radius 1 is 0.769 bits per heavy atom. The highest BCUT2D eigenvalue weighted by Gasteiger charge is 2.33. The molecule has 1 aliphatic carbocycles. The SMILES string of the molecule is CCC(O)Nc1cccc2c1C(=O)c1cccc(NC(O)CC)c1C2=O. The molecule has 0 radical (unpaired) electrons. The zero-order valence-electron chi connectivity index (χ0n) is 14.7. The van der Waals surface area contributed by atoms with E-state index in [1.54, 1.807) is 36.4 Å². The van der Waals surface area contributed by atoms with Gasteiger partial charge in [0.2, 0.25) is 0 Å². The van der Waals surface area contributed by atoms with Gasteiger partial charge in [0, 0.05) is 22.5 Å². The van der Waals surface area contributed by atoms with Crippen molar-refractivity contribution in [3.63, 3.8) is 0 Å². The van der Waals surface area contributed by atoms with Crippen molar-refractivity contribution in [2.24, 2.45) is 0 Å². The summed E-state index contributed by atoms with van der Waals surface area (Å²) in [6.07, 6.45) is -0.687. The summed E-state index contributed by atoms with van der Waals surface area (Å²) in [6.45, 7) is 3.62. The molecule has 4 N–H and O–H groups in total. The molecule has 0 heterocycles. The molecule has 2 unspecified atom stereocenters. The van der Waals surface area contributed by atoms with Crippen LogP contribution in [0.5, 0.6) is 0 Å². The number of ketones is 2. The van der Waals surface area contributed by atoms with Gasteiger partial charge in [0.15, 0.2) is 11.6 Å². The van der Waals surface area contributed by atoms with Crippen LogP contribution >= 0.6 is 0 Å². The second-order valence-electron chi connectivity index (χ2n) is 6.25. The summed E-state index contributed by atoms with van der Waals surface area (Å²) in [6, 6.07) is 9.92. The van der Waals surface area contributed by atoms with Crippen LogP contribution in [-0.4, -0.2) is 34.2 Å². The molecule has 0 bridgehead atoms. The van der Waals surface area contributed by atoms with Crippen LogP contribution < -0.4 is 10.6 Å². The molecule has 6 nitrogen and oxygen atoms in total. The lowest BCUT2D eigenvalue weighted by Gasteiger charge is -2.24. The zero-order valence-corrected chi connectivity index (χ0v) is 14.7. The standard InChI is InChI=1S/C20H22N2O4/c1-3-15(23)21-13-9-5-7-11-17(13)19(25)12-8-6-10-14(18(12)20(11)26)22-16(24)4-2/h5-10,15-16,21-24H,3-4H2,1-2H3. The fraction of sp³-hybridized carbons (Fsp3) is 0.300. The van der Waals surface area contributed by atoms with E-state index in [9.17, 15) is 19.8 Å². The lowest BCUT2D eigenvalue weighted by atomic mass is 9.82. The summed E-state index contributed by atoms with van der Waals surface area (Å²) in [5.74, 6) is -0.564. The summed E-state index contributed by atoms with van der Waals surface area (Å²) in [5, 5.41) is 25.5. The van der Waals surface area contributed by atoms with Crippen LogP contribution in [0.1, 0.15) is 58.5 Å². The van der Waals surface area contributed by atoms with Crippen LogP contribution in [-0.2, 0) is 0 Å². The number of rotatable bonds is 6. The minimum absolute atomic E-state index is 0.269. The molecule has 0 fully saturated rings. The normalized spacial score (nSPS) is 15.1. The van der Waals surface area contributed by atoms with E-state index in [0.717, 1.165) is 0 Å². The van der Waals surface area contributed by atoms with Crippen LogP contribution in [0.2, 0.25) is 0 Å². The van der Waals surface area contributed by atoms with Gasteiger partial charge in [-0.05, 0) is 25.0 Å². The largest absolute Gasteiger partial charge is 0.374 e. The van der Waals surface area contributed by atoms with E-state index >= 15 is 0 Å². The molecule has 0 spiro atoms. The third-order valence-corrected chi connectivity index (χ3v) is 4.49. The molecule has 0 aromatic heterocycles. The lowest BCUT2D eigenvalue weighted by Crippen LogP contribution is -2.27. The maximum absolute atomic E-state index is 13.1. The zero-order chi connectivity index (χ0) is 18.8. The van der Waals surface area contributed by atoms with Crippen molar-refractivity contribution in [1.29, 1.82) is 0 Å². The Morgan fingerprint density at radius 2 is 1.15 bits per heavy atom. The van der Waals surface area contributed by atoms with Gasteiger partial charge in [0.1, 0.15) is 12.5 Å². The number of anilines is 2. The van der Waals surface area contributed by atoms with Gasteiger partial charge in [-0.2, -0.15) is 0 Å². The number of carbonyl (C=O) groups is 2. The van der Waals surface area contributed by atoms with Gasteiger partial charge in [-0.15, -0.1) is 0 Å². The van der Waals surface area contributed by atoms with Crippen molar-refractivity contribution in [3.05, 3.63) is 58.7 Å². The molecular formula is C20H22N2O4. The van der Waals surface area contributed by atoms with Crippen molar-refractivity contribution in [1.82, 2.24) is 0 Å². The fourth-order valence-electron chi connectivity index (χ4n) is 3.05. The predicted octanol–water partition coefficient (Wildman–Crippen LogP) is 2.74. The van der Waals surface area contributed by atoms with E-state index in [2.05, 4.69) is 10.6 Å². The van der Waals surface area contributed by atoms with E-state index in [1.807, 2.05) is 13.8 Å². The molecule has 1 aliphatic rings. The average molecular weight is 354 g/mol. The van der Waals surface area contributed by atoms with E-state index in [-0.39, 0.29) is 33.8 Å². The first-order valence-electron chi connectivity index (χ1n) is 8.72. The molecule has 0 saturated heterocycles. The van der Waals surface area contributed by atoms with Crippen molar-refractivity contribution < 1.29 is 19.8 Å². The molecule has 0 amide bonds. The minimum Gasteiger partial charge on any atom is -0.374 e. The summed E-state index contributed by atoms with van der Waals surface area (Å²) in [5.41, 5.74) is 1.99. The van der Waals surface area contributed by atoms with Crippen LogP contribution in [0.25, 0.3) is 0 Å². The molecule has 26 heavy (non-hydrogen) atoms. The molecule has 2 aromatic carbocycles. The van der Waals surface area contributed by atoms with Gasteiger partial charge in [-0.25, -0.2) is 0 Å². The van der Waals surface area contributed by atoms with Gasteiger partial charge < -0.3 is 20.8 Å². The molecule has 6 heteroatoms. The maximum Gasteiger partial charge on any atom is 0.196 e. The summed E-state index contributed by atoms with van der Waals surface area (Å²) in [4.78, 5) is 26.2. The van der Waals surface area contributed by atoms with Crippen LogP contribution in [0.4, 0.5) is 11.4 Å².